The van der Waals surface area contributed by atoms with Gasteiger partial charge in [-0.25, -0.2) is 18.1 Å². The third kappa shape index (κ3) is 3.28. The molecule has 6 nitrogen and oxygen atoms in total. The highest BCUT2D eigenvalue weighted by Crippen LogP contribution is 2.28. The summed E-state index contributed by atoms with van der Waals surface area (Å²) in [5.74, 6) is 0.509. The van der Waals surface area contributed by atoms with E-state index in [1.54, 1.807) is 12.3 Å². The Balaban J connectivity index is 1.67. The Kier molecular flexibility index (Phi) is 3.91. The summed E-state index contributed by atoms with van der Waals surface area (Å²) >= 11 is 0. The van der Waals surface area contributed by atoms with Gasteiger partial charge in [0, 0.05) is 18.7 Å². The normalized spacial score (nSPS) is 27.2. The van der Waals surface area contributed by atoms with Crippen LogP contribution in [0.4, 0.5) is 0 Å². The number of rotatable bonds is 5. The molecule has 2 atom stereocenters. The van der Waals surface area contributed by atoms with Crippen molar-refractivity contribution in [1.82, 2.24) is 9.71 Å². The largest absolute Gasteiger partial charge is 0.472 e. The molecule has 1 aliphatic heterocycles. The van der Waals surface area contributed by atoms with Gasteiger partial charge in [-0.3, -0.25) is 0 Å². The van der Waals surface area contributed by atoms with Gasteiger partial charge in [0.05, 0.1) is 24.5 Å². The van der Waals surface area contributed by atoms with Gasteiger partial charge >= 0.3 is 0 Å². The van der Waals surface area contributed by atoms with Gasteiger partial charge in [-0.1, -0.05) is 6.07 Å². The zero-order chi connectivity index (χ0) is 14.0. The fourth-order valence-electron chi connectivity index (χ4n) is 2.23. The van der Waals surface area contributed by atoms with E-state index in [1.165, 1.54) is 0 Å². The minimum absolute atomic E-state index is 0.236. The second kappa shape index (κ2) is 5.67. The lowest BCUT2D eigenvalue weighted by atomic mass is 10.1. The molecule has 1 aromatic rings. The van der Waals surface area contributed by atoms with Crippen molar-refractivity contribution in [2.75, 3.05) is 13.2 Å². The lowest BCUT2D eigenvalue weighted by Gasteiger charge is -2.31. The molecule has 1 N–H and O–H groups in total. The Morgan fingerprint density at radius 1 is 1.30 bits per heavy atom. The van der Waals surface area contributed by atoms with Crippen molar-refractivity contribution in [2.45, 2.75) is 36.7 Å². The molecule has 0 amide bonds. The second-order valence-corrected chi connectivity index (χ2v) is 7.15. The Bertz CT molecular complexity index is 545. The van der Waals surface area contributed by atoms with Crippen LogP contribution in [0, 0.1) is 0 Å². The predicted octanol–water partition coefficient (Wildman–Crippen LogP) is 0.700. The summed E-state index contributed by atoms with van der Waals surface area (Å²) in [4.78, 5) is 4.11. The summed E-state index contributed by atoms with van der Waals surface area (Å²) < 4.78 is 37.9. The average molecular weight is 298 g/mol. The first kappa shape index (κ1) is 13.8. The van der Waals surface area contributed by atoms with Crippen LogP contribution < -0.4 is 9.46 Å². The molecule has 0 spiro atoms. The minimum Gasteiger partial charge on any atom is -0.472 e. The topological polar surface area (TPSA) is 77.5 Å². The van der Waals surface area contributed by atoms with Crippen LogP contribution in [0.5, 0.6) is 5.88 Å². The van der Waals surface area contributed by atoms with Gasteiger partial charge in [0.1, 0.15) is 6.10 Å². The molecule has 1 saturated heterocycles. The van der Waals surface area contributed by atoms with Gasteiger partial charge in [-0.15, -0.1) is 0 Å². The molecular formula is C13H18N2O4S. The van der Waals surface area contributed by atoms with Crippen molar-refractivity contribution in [1.29, 1.82) is 0 Å². The molecule has 7 heteroatoms. The van der Waals surface area contributed by atoms with Crippen molar-refractivity contribution in [3.8, 4) is 5.88 Å². The highest BCUT2D eigenvalue weighted by Gasteiger charge is 2.39. The van der Waals surface area contributed by atoms with Crippen LogP contribution in [-0.2, 0) is 14.8 Å². The average Bonchev–Trinajstić information content (AvgIpc) is 3.27. The molecule has 110 valence electrons. The highest BCUT2D eigenvalue weighted by molar-refractivity contribution is 7.90. The summed E-state index contributed by atoms with van der Waals surface area (Å²) in [7, 11) is -3.24. The van der Waals surface area contributed by atoms with Crippen molar-refractivity contribution in [3.05, 3.63) is 24.4 Å². The summed E-state index contributed by atoms with van der Waals surface area (Å²) in [6, 6.07) is 5.06. The van der Waals surface area contributed by atoms with Crippen molar-refractivity contribution < 1.29 is 17.9 Å². The van der Waals surface area contributed by atoms with E-state index >= 15 is 0 Å². The van der Waals surface area contributed by atoms with Crippen LogP contribution in [0.2, 0.25) is 0 Å². The first-order chi connectivity index (χ1) is 9.65. The van der Waals surface area contributed by atoms with E-state index in [0.717, 1.165) is 12.8 Å². The van der Waals surface area contributed by atoms with E-state index in [1.807, 2.05) is 12.1 Å². The monoisotopic (exact) mass is 298 g/mol. The number of sulfonamides is 1. The fourth-order valence-corrected chi connectivity index (χ4v) is 3.82. The Labute approximate surface area is 118 Å². The van der Waals surface area contributed by atoms with Crippen molar-refractivity contribution in [3.63, 3.8) is 0 Å². The number of nitrogens with zero attached hydrogens (tertiary/aromatic N) is 1. The van der Waals surface area contributed by atoms with Gasteiger partial charge in [0.15, 0.2) is 0 Å². The van der Waals surface area contributed by atoms with Gasteiger partial charge in [-0.05, 0) is 18.9 Å². The number of aromatic nitrogens is 1. The van der Waals surface area contributed by atoms with Crippen LogP contribution in [0.1, 0.15) is 19.3 Å². The van der Waals surface area contributed by atoms with Gasteiger partial charge in [0.2, 0.25) is 15.9 Å². The predicted molar refractivity (Wildman–Crippen MR) is 73.0 cm³/mol. The maximum absolute atomic E-state index is 12.0. The summed E-state index contributed by atoms with van der Waals surface area (Å²) in [5, 5.41) is -0.236. The molecule has 1 saturated carbocycles. The molecule has 0 unspecified atom stereocenters. The molecule has 1 aromatic heterocycles. The van der Waals surface area contributed by atoms with Crippen LogP contribution in [0.3, 0.4) is 0 Å². The molecule has 0 bridgehead atoms. The molecule has 2 aliphatic rings. The van der Waals surface area contributed by atoms with Crippen molar-refractivity contribution >= 4 is 10.0 Å². The first-order valence-corrected chi connectivity index (χ1v) is 8.36. The van der Waals surface area contributed by atoms with Gasteiger partial charge < -0.3 is 9.47 Å². The van der Waals surface area contributed by atoms with Crippen LogP contribution in [-0.4, -0.2) is 44.0 Å². The summed E-state index contributed by atoms with van der Waals surface area (Å²) in [6.07, 6.45) is 3.54. The molecule has 3 rings (SSSR count). The maximum Gasteiger partial charge on any atom is 0.214 e. The number of nitrogens with one attached hydrogen (secondary N) is 1. The quantitative estimate of drug-likeness (QED) is 0.866. The highest BCUT2D eigenvalue weighted by atomic mass is 32.2. The van der Waals surface area contributed by atoms with E-state index in [0.29, 0.717) is 25.5 Å². The minimum atomic E-state index is -3.24. The number of hydrogen-bond donors (Lipinski definition) is 1. The number of ether oxygens (including phenoxy) is 2. The zero-order valence-corrected chi connectivity index (χ0v) is 11.9. The lowest BCUT2D eigenvalue weighted by Crippen LogP contribution is -2.52. The van der Waals surface area contributed by atoms with Gasteiger partial charge in [-0.2, -0.15) is 0 Å². The Morgan fingerprint density at radius 2 is 2.15 bits per heavy atom. The van der Waals surface area contributed by atoms with Crippen LogP contribution >= 0.6 is 0 Å². The summed E-state index contributed by atoms with van der Waals surface area (Å²) in [5.41, 5.74) is 0. The third-order valence-electron chi connectivity index (χ3n) is 3.48. The van der Waals surface area contributed by atoms with Crippen LogP contribution in [0.15, 0.2) is 24.4 Å². The van der Waals surface area contributed by atoms with Crippen molar-refractivity contribution in [2.24, 2.45) is 0 Å². The molecule has 20 heavy (non-hydrogen) atoms. The van der Waals surface area contributed by atoms with E-state index in [4.69, 9.17) is 9.47 Å². The molecule has 0 radical (unpaired) electrons. The van der Waals surface area contributed by atoms with E-state index in [9.17, 15) is 8.42 Å². The fraction of sp³-hybridized carbons (Fsp3) is 0.615. The first-order valence-electron chi connectivity index (χ1n) is 6.82. The summed E-state index contributed by atoms with van der Waals surface area (Å²) in [6.45, 7) is 0.905. The Morgan fingerprint density at radius 3 is 2.85 bits per heavy atom. The second-order valence-electron chi connectivity index (χ2n) is 5.16. The molecule has 0 aromatic carbocycles. The molecule has 2 fully saturated rings. The van der Waals surface area contributed by atoms with Gasteiger partial charge in [0.25, 0.3) is 0 Å². The molecular weight excluding hydrogens is 280 g/mol. The smallest absolute Gasteiger partial charge is 0.214 e. The standard InChI is InChI=1S/C13H18N2O4S/c16-20(17,10-4-5-10)15-11-9-18-8-6-12(11)19-13-3-1-2-7-14-13/h1-3,7,10-12,15H,4-6,8-9H2/t11-,12-/m1/s1. The molecule has 2 heterocycles. The van der Waals surface area contributed by atoms with Crippen LogP contribution in [0.25, 0.3) is 0 Å². The van der Waals surface area contributed by atoms with E-state index < -0.39 is 10.0 Å². The van der Waals surface area contributed by atoms with E-state index in [2.05, 4.69) is 9.71 Å². The lowest BCUT2D eigenvalue weighted by molar-refractivity contribution is 0.00148. The Hall–Kier alpha value is -1.18. The number of hydrogen-bond acceptors (Lipinski definition) is 5. The zero-order valence-electron chi connectivity index (χ0n) is 11.1. The SMILES string of the molecule is O=S(=O)(N[C@@H]1COCC[C@H]1Oc1ccccn1)C1CC1. The third-order valence-corrected chi connectivity index (χ3v) is 5.46. The molecule has 1 aliphatic carbocycles. The van der Waals surface area contributed by atoms with E-state index in [-0.39, 0.29) is 17.4 Å². The number of pyridine rings is 1. The maximum atomic E-state index is 12.0.